The molecule has 4 nitrogen and oxygen atoms in total. The Labute approximate surface area is 178 Å². The van der Waals surface area contributed by atoms with Crippen LogP contribution in [0.15, 0.2) is 111 Å². The second-order valence-corrected chi connectivity index (χ2v) is 7.31. The van der Waals surface area contributed by atoms with E-state index in [1.165, 1.54) is 4.57 Å². The van der Waals surface area contributed by atoms with Crippen molar-refractivity contribution in [3.05, 3.63) is 129 Å². The van der Waals surface area contributed by atoms with Gasteiger partial charge in [0, 0.05) is 5.56 Å². The van der Waals surface area contributed by atoms with Gasteiger partial charge >= 0.3 is 0 Å². The molecule has 0 radical (unpaired) electrons. The monoisotopic (exact) mass is 405 g/mol. The van der Waals surface area contributed by atoms with Gasteiger partial charge < -0.3 is 4.42 Å². The Bertz CT molecular complexity index is 1530. The summed E-state index contributed by atoms with van der Waals surface area (Å²) in [5, 5.41) is 0.893. The predicted molar refractivity (Wildman–Crippen MR) is 125 cm³/mol. The molecule has 2 heterocycles. The number of hydrogen-bond acceptors (Lipinski definition) is 3. The SMILES string of the molecule is O=c1c2ccccc2oc2c1cc(C/C=C/c1ccccc1)c(=O)n2-c1ccccc1. The molecule has 5 aromatic rings. The van der Waals surface area contributed by atoms with Crippen LogP contribution < -0.4 is 11.0 Å². The first-order valence-electron chi connectivity index (χ1n) is 10.1. The maximum absolute atomic E-state index is 13.4. The molecule has 0 bridgehead atoms. The molecule has 0 saturated heterocycles. The maximum Gasteiger partial charge on any atom is 0.261 e. The summed E-state index contributed by atoms with van der Waals surface area (Å²) in [4.78, 5) is 26.7. The number of para-hydroxylation sites is 2. The number of aromatic nitrogens is 1. The van der Waals surface area contributed by atoms with Gasteiger partial charge in [0.05, 0.1) is 16.5 Å². The van der Waals surface area contributed by atoms with E-state index in [9.17, 15) is 9.59 Å². The van der Waals surface area contributed by atoms with Crippen LogP contribution in [0.25, 0.3) is 33.8 Å². The number of allylic oxidation sites excluding steroid dienone is 1. The highest BCUT2D eigenvalue weighted by Gasteiger charge is 2.16. The molecule has 31 heavy (non-hydrogen) atoms. The van der Waals surface area contributed by atoms with Crippen molar-refractivity contribution >= 4 is 28.1 Å². The minimum atomic E-state index is -0.199. The quantitative estimate of drug-likeness (QED) is 0.379. The van der Waals surface area contributed by atoms with E-state index >= 15 is 0 Å². The predicted octanol–water partition coefficient (Wildman–Crippen LogP) is 5.35. The normalized spacial score (nSPS) is 11.5. The summed E-state index contributed by atoms with van der Waals surface area (Å²) in [5.41, 5.74) is 2.62. The van der Waals surface area contributed by atoms with Gasteiger partial charge in [-0.25, -0.2) is 4.57 Å². The van der Waals surface area contributed by atoms with Crippen LogP contribution >= 0.6 is 0 Å². The van der Waals surface area contributed by atoms with Crippen LogP contribution in [-0.2, 0) is 6.42 Å². The topological polar surface area (TPSA) is 52.2 Å². The van der Waals surface area contributed by atoms with Gasteiger partial charge in [-0.1, -0.05) is 72.8 Å². The molecule has 0 unspecified atom stereocenters. The van der Waals surface area contributed by atoms with Gasteiger partial charge in [-0.2, -0.15) is 0 Å². The zero-order valence-corrected chi connectivity index (χ0v) is 16.7. The van der Waals surface area contributed by atoms with Gasteiger partial charge in [-0.15, -0.1) is 0 Å². The van der Waals surface area contributed by atoms with Crippen molar-refractivity contribution in [1.82, 2.24) is 4.57 Å². The molecule has 2 aromatic heterocycles. The third-order valence-electron chi connectivity index (χ3n) is 5.27. The van der Waals surface area contributed by atoms with E-state index in [4.69, 9.17) is 4.42 Å². The molecule has 0 amide bonds. The van der Waals surface area contributed by atoms with E-state index in [-0.39, 0.29) is 16.7 Å². The van der Waals surface area contributed by atoms with Crippen LogP contribution in [0.1, 0.15) is 11.1 Å². The molecular weight excluding hydrogens is 386 g/mol. The van der Waals surface area contributed by atoms with E-state index in [2.05, 4.69) is 0 Å². The summed E-state index contributed by atoms with van der Waals surface area (Å²) in [6.07, 6.45) is 4.32. The Kier molecular flexibility index (Phi) is 4.81. The van der Waals surface area contributed by atoms with Crippen LogP contribution in [0.4, 0.5) is 0 Å². The van der Waals surface area contributed by atoms with Crippen molar-refractivity contribution in [3.63, 3.8) is 0 Å². The van der Waals surface area contributed by atoms with Crippen molar-refractivity contribution in [2.45, 2.75) is 6.42 Å². The zero-order valence-electron chi connectivity index (χ0n) is 16.7. The fourth-order valence-corrected chi connectivity index (χ4v) is 3.75. The Morgan fingerprint density at radius 2 is 1.45 bits per heavy atom. The smallest absolute Gasteiger partial charge is 0.261 e. The van der Waals surface area contributed by atoms with Gasteiger partial charge in [0.25, 0.3) is 5.56 Å². The largest absolute Gasteiger partial charge is 0.439 e. The molecule has 0 aliphatic carbocycles. The van der Waals surface area contributed by atoms with E-state index in [0.29, 0.717) is 34.0 Å². The minimum Gasteiger partial charge on any atom is -0.439 e. The summed E-state index contributed by atoms with van der Waals surface area (Å²) in [6.45, 7) is 0. The molecule has 3 aromatic carbocycles. The van der Waals surface area contributed by atoms with Crippen molar-refractivity contribution in [2.75, 3.05) is 0 Å². The van der Waals surface area contributed by atoms with Crippen molar-refractivity contribution in [2.24, 2.45) is 0 Å². The second-order valence-electron chi connectivity index (χ2n) is 7.31. The number of pyridine rings is 1. The Hall–Kier alpha value is -4.18. The van der Waals surface area contributed by atoms with E-state index in [1.54, 1.807) is 18.2 Å². The van der Waals surface area contributed by atoms with Gasteiger partial charge in [0.1, 0.15) is 5.58 Å². The van der Waals surface area contributed by atoms with Crippen molar-refractivity contribution in [3.8, 4) is 5.69 Å². The second kappa shape index (κ2) is 7.92. The first-order chi connectivity index (χ1) is 15.2. The summed E-state index contributed by atoms with van der Waals surface area (Å²) < 4.78 is 7.56. The lowest BCUT2D eigenvalue weighted by molar-refractivity contribution is 0.626. The van der Waals surface area contributed by atoms with E-state index in [0.717, 1.165) is 5.56 Å². The summed E-state index contributed by atoms with van der Waals surface area (Å²) in [5.74, 6) is 0. The molecule has 0 saturated carbocycles. The van der Waals surface area contributed by atoms with Gasteiger partial charge in [-0.05, 0) is 42.3 Å². The van der Waals surface area contributed by atoms with Crippen molar-refractivity contribution < 1.29 is 4.42 Å². The fraction of sp³-hybridized carbons (Fsp3) is 0.0370. The highest BCUT2D eigenvalue weighted by Crippen LogP contribution is 2.21. The Morgan fingerprint density at radius 3 is 2.23 bits per heavy atom. The molecule has 0 atom stereocenters. The Morgan fingerprint density at radius 1 is 0.774 bits per heavy atom. The average Bonchev–Trinajstić information content (AvgIpc) is 2.81. The average molecular weight is 405 g/mol. The molecule has 0 aliphatic heterocycles. The summed E-state index contributed by atoms with van der Waals surface area (Å²) in [6, 6.07) is 27.9. The molecule has 5 rings (SSSR count). The third-order valence-corrected chi connectivity index (χ3v) is 5.27. The lowest BCUT2D eigenvalue weighted by Crippen LogP contribution is -2.24. The van der Waals surface area contributed by atoms with Crippen LogP contribution in [0.3, 0.4) is 0 Å². The molecule has 0 N–H and O–H groups in total. The first kappa shape index (κ1) is 18.8. The number of nitrogens with zero attached hydrogens (tertiary/aromatic N) is 1. The van der Waals surface area contributed by atoms with Crippen LogP contribution in [0.5, 0.6) is 0 Å². The standard InChI is InChI=1S/C27H19NO3/c29-25-22-16-7-8-17-24(22)31-27-23(25)18-20(13-9-12-19-10-3-1-4-11-19)26(30)28(27)21-14-5-2-6-15-21/h1-12,14-18H,13H2/b12-9+. The van der Waals surface area contributed by atoms with Gasteiger partial charge in [0.2, 0.25) is 11.1 Å². The van der Waals surface area contributed by atoms with Crippen LogP contribution in [-0.4, -0.2) is 4.57 Å². The van der Waals surface area contributed by atoms with Crippen molar-refractivity contribution in [1.29, 1.82) is 0 Å². The Balaban J connectivity index is 1.75. The summed E-state index contributed by atoms with van der Waals surface area (Å²) in [7, 11) is 0. The maximum atomic E-state index is 13.4. The van der Waals surface area contributed by atoms with Gasteiger partial charge in [-0.3, -0.25) is 9.59 Å². The number of hydrogen-bond donors (Lipinski definition) is 0. The lowest BCUT2D eigenvalue weighted by Gasteiger charge is -2.12. The highest BCUT2D eigenvalue weighted by molar-refractivity contribution is 5.89. The third kappa shape index (κ3) is 3.49. The molecule has 0 fully saturated rings. The summed E-state index contributed by atoms with van der Waals surface area (Å²) >= 11 is 0. The lowest BCUT2D eigenvalue weighted by atomic mass is 10.1. The molecule has 0 aliphatic rings. The zero-order chi connectivity index (χ0) is 21.2. The number of benzene rings is 3. The highest BCUT2D eigenvalue weighted by atomic mass is 16.3. The van der Waals surface area contributed by atoms with E-state index in [1.807, 2.05) is 84.9 Å². The van der Waals surface area contributed by atoms with E-state index < -0.39 is 0 Å². The van der Waals surface area contributed by atoms with Crippen LogP contribution in [0, 0.1) is 0 Å². The molecule has 0 spiro atoms. The molecule has 150 valence electrons. The first-order valence-corrected chi connectivity index (χ1v) is 10.1. The van der Waals surface area contributed by atoms with Gasteiger partial charge in [0.15, 0.2) is 0 Å². The van der Waals surface area contributed by atoms with Crippen LogP contribution in [0.2, 0.25) is 0 Å². The fourth-order valence-electron chi connectivity index (χ4n) is 3.75. The number of fused-ring (bicyclic) bond motifs is 2. The minimum absolute atomic E-state index is 0.144. The number of rotatable bonds is 4. The molecular formula is C27H19NO3. The molecule has 4 heteroatoms.